The van der Waals surface area contributed by atoms with E-state index in [0.29, 0.717) is 17.3 Å². The molecule has 0 spiro atoms. The highest BCUT2D eigenvalue weighted by atomic mass is 16.3. The number of aryl methyl sites for hydroxylation is 2. The summed E-state index contributed by atoms with van der Waals surface area (Å²) in [7, 11) is 3.27. The molecule has 0 saturated heterocycles. The zero-order chi connectivity index (χ0) is 16.6. The first-order valence-electron chi connectivity index (χ1n) is 6.46. The van der Waals surface area contributed by atoms with Crippen molar-refractivity contribution in [3.63, 3.8) is 0 Å². The van der Waals surface area contributed by atoms with E-state index in [1.165, 1.54) is 11.6 Å². The number of aromatic hydroxyl groups is 1. The minimum atomic E-state index is -0.716. The predicted octanol–water partition coefficient (Wildman–Crippen LogP) is 0.920. The van der Waals surface area contributed by atoms with E-state index in [1.807, 2.05) is 0 Å². The van der Waals surface area contributed by atoms with Gasteiger partial charge in [-0.3, -0.25) is 9.59 Å². The second-order valence-electron chi connectivity index (χ2n) is 4.85. The second kappa shape index (κ2) is 5.51. The Morgan fingerprint density at radius 2 is 1.32 bits per heavy atom. The summed E-state index contributed by atoms with van der Waals surface area (Å²) >= 11 is 0. The Kier molecular flexibility index (Phi) is 3.89. The van der Waals surface area contributed by atoms with Gasteiger partial charge in [0, 0.05) is 19.8 Å². The topological polar surface area (TPSA) is 115 Å². The van der Waals surface area contributed by atoms with E-state index in [2.05, 4.69) is 20.2 Å². The van der Waals surface area contributed by atoms with Crippen LogP contribution < -0.4 is 11.1 Å². The lowest BCUT2D eigenvalue weighted by atomic mass is 10.3. The normalized spacial score (nSPS) is 11.3. The molecule has 22 heavy (non-hydrogen) atoms. The molecule has 116 valence electrons. The number of azo groups is 1. The van der Waals surface area contributed by atoms with E-state index in [0.717, 1.165) is 0 Å². The van der Waals surface area contributed by atoms with Crippen molar-refractivity contribution >= 4 is 11.4 Å². The van der Waals surface area contributed by atoms with Crippen molar-refractivity contribution in [3.8, 4) is 5.88 Å². The maximum atomic E-state index is 11.9. The lowest BCUT2D eigenvalue weighted by molar-refractivity contribution is 0.421. The summed E-state index contributed by atoms with van der Waals surface area (Å²) in [5.41, 5.74) is -1.03. The number of rotatable bonds is 2. The smallest absolute Gasteiger partial charge is 0.304 e. The molecule has 0 saturated carbocycles. The summed E-state index contributed by atoms with van der Waals surface area (Å²) in [5, 5.41) is 17.4. The van der Waals surface area contributed by atoms with E-state index in [-0.39, 0.29) is 17.3 Å². The molecular formula is C13H16N6O3. The Balaban J connectivity index is 2.61. The third kappa shape index (κ3) is 2.52. The van der Waals surface area contributed by atoms with Gasteiger partial charge in [0.2, 0.25) is 11.6 Å². The van der Waals surface area contributed by atoms with E-state index in [4.69, 9.17) is 0 Å². The molecule has 2 rings (SSSR count). The Hall–Kier alpha value is -2.84. The highest BCUT2D eigenvalue weighted by Gasteiger charge is 2.13. The van der Waals surface area contributed by atoms with Crippen molar-refractivity contribution in [3.05, 3.63) is 38.1 Å². The fourth-order valence-electron chi connectivity index (χ4n) is 1.82. The summed E-state index contributed by atoms with van der Waals surface area (Å²) in [5.74, 6) is 0.513. The van der Waals surface area contributed by atoms with Crippen molar-refractivity contribution in [2.24, 2.45) is 24.3 Å². The van der Waals surface area contributed by atoms with Crippen LogP contribution in [0.25, 0.3) is 0 Å². The van der Waals surface area contributed by atoms with Gasteiger partial charge in [0.25, 0.3) is 0 Å². The van der Waals surface area contributed by atoms with Crippen LogP contribution in [0.2, 0.25) is 0 Å². The fourth-order valence-corrected chi connectivity index (χ4v) is 1.82. The van der Waals surface area contributed by atoms with Crippen LogP contribution in [0.4, 0.5) is 11.4 Å². The lowest BCUT2D eigenvalue weighted by Gasteiger charge is -2.09. The predicted molar refractivity (Wildman–Crippen MR) is 79.0 cm³/mol. The molecule has 2 aromatic rings. The summed E-state index contributed by atoms with van der Waals surface area (Å²) < 4.78 is 2.98. The van der Waals surface area contributed by atoms with Crippen LogP contribution in [0.1, 0.15) is 17.3 Å². The Morgan fingerprint density at radius 1 is 0.864 bits per heavy atom. The molecule has 9 nitrogen and oxygen atoms in total. The van der Waals surface area contributed by atoms with E-state index in [9.17, 15) is 14.7 Å². The Labute approximate surface area is 125 Å². The van der Waals surface area contributed by atoms with Gasteiger partial charge in [-0.15, -0.1) is 10.2 Å². The maximum Gasteiger partial charge on any atom is 0.304 e. The van der Waals surface area contributed by atoms with Gasteiger partial charge >= 0.3 is 11.1 Å². The third-order valence-corrected chi connectivity index (χ3v) is 3.53. The molecule has 2 aromatic heterocycles. The number of nitrogens with zero attached hydrogens (tertiary/aromatic N) is 6. The molecular weight excluding hydrogens is 288 g/mol. The first-order chi connectivity index (χ1) is 10.2. The van der Waals surface area contributed by atoms with Crippen LogP contribution in [0.5, 0.6) is 5.88 Å². The van der Waals surface area contributed by atoms with Gasteiger partial charge in [-0.2, -0.15) is 9.97 Å². The van der Waals surface area contributed by atoms with Crippen molar-refractivity contribution in [1.82, 2.24) is 19.1 Å². The number of aromatic nitrogens is 4. The van der Waals surface area contributed by atoms with Crippen LogP contribution in [0.3, 0.4) is 0 Å². The monoisotopic (exact) mass is 304 g/mol. The Morgan fingerprint density at radius 3 is 1.91 bits per heavy atom. The summed E-state index contributed by atoms with van der Waals surface area (Å²) in [6, 6.07) is 0. The standard InChI is InChI=1S/C13H16N6O3/c1-6-9(11(20)14-7(2)18(6)4)16-17-10-12(21)15-8(3)19(5)13(10)22/h22H,1-5H3. The minimum absolute atomic E-state index is 0.00938. The van der Waals surface area contributed by atoms with Crippen LogP contribution in [0.15, 0.2) is 19.8 Å². The van der Waals surface area contributed by atoms with E-state index < -0.39 is 11.1 Å². The summed E-state index contributed by atoms with van der Waals surface area (Å²) in [6.07, 6.45) is 0. The number of hydrogen-bond donors (Lipinski definition) is 1. The van der Waals surface area contributed by atoms with Gasteiger partial charge in [0.15, 0.2) is 5.69 Å². The van der Waals surface area contributed by atoms with E-state index >= 15 is 0 Å². The maximum absolute atomic E-state index is 11.9. The van der Waals surface area contributed by atoms with Crippen molar-refractivity contribution < 1.29 is 5.11 Å². The molecule has 0 aliphatic heterocycles. The average molecular weight is 304 g/mol. The zero-order valence-electron chi connectivity index (χ0n) is 12.9. The number of hydrogen-bond acceptors (Lipinski definition) is 7. The molecule has 0 unspecified atom stereocenters. The minimum Gasteiger partial charge on any atom is -0.493 e. The molecule has 0 atom stereocenters. The highest BCUT2D eigenvalue weighted by Crippen LogP contribution is 2.23. The molecule has 0 radical (unpaired) electrons. The second-order valence-corrected chi connectivity index (χ2v) is 4.85. The molecule has 0 amide bonds. The molecule has 0 aliphatic rings. The van der Waals surface area contributed by atoms with Crippen molar-refractivity contribution in [1.29, 1.82) is 0 Å². The quantitative estimate of drug-likeness (QED) is 0.828. The van der Waals surface area contributed by atoms with Gasteiger partial charge in [-0.25, -0.2) is 0 Å². The zero-order valence-corrected chi connectivity index (χ0v) is 12.9. The highest BCUT2D eigenvalue weighted by molar-refractivity contribution is 5.46. The molecule has 9 heteroatoms. The molecule has 2 heterocycles. The first kappa shape index (κ1) is 15.5. The summed E-state index contributed by atoms with van der Waals surface area (Å²) in [6.45, 7) is 4.96. The van der Waals surface area contributed by atoms with Crippen LogP contribution in [-0.4, -0.2) is 24.2 Å². The van der Waals surface area contributed by atoms with Gasteiger partial charge in [-0.05, 0) is 20.8 Å². The molecule has 0 bridgehead atoms. The van der Waals surface area contributed by atoms with Gasteiger partial charge < -0.3 is 14.2 Å². The van der Waals surface area contributed by atoms with E-state index in [1.54, 1.807) is 32.4 Å². The summed E-state index contributed by atoms with van der Waals surface area (Å²) in [4.78, 5) is 31.2. The molecule has 0 aliphatic carbocycles. The third-order valence-electron chi connectivity index (χ3n) is 3.53. The first-order valence-corrected chi connectivity index (χ1v) is 6.46. The average Bonchev–Trinajstić information content (AvgIpc) is 2.45. The van der Waals surface area contributed by atoms with Crippen LogP contribution >= 0.6 is 0 Å². The van der Waals surface area contributed by atoms with Crippen molar-refractivity contribution in [2.75, 3.05) is 0 Å². The lowest BCUT2D eigenvalue weighted by Crippen LogP contribution is -2.16. The molecule has 0 aromatic carbocycles. The van der Waals surface area contributed by atoms with Gasteiger partial charge in [0.05, 0.1) is 0 Å². The fraction of sp³-hybridized carbons (Fsp3) is 0.385. The van der Waals surface area contributed by atoms with Gasteiger partial charge in [-0.1, -0.05) is 0 Å². The largest absolute Gasteiger partial charge is 0.493 e. The molecule has 0 fully saturated rings. The van der Waals surface area contributed by atoms with Crippen molar-refractivity contribution in [2.45, 2.75) is 20.8 Å². The SMILES string of the molecule is Cc1nc(=O)c(N=Nc2c(O)n(C)c(C)nc2=O)c(C)n1C. The Bertz CT molecular complexity index is 821. The van der Waals surface area contributed by atoms with Gasteiger partial charge in [0.1, 0.15) is 11.6 Å². The van der Waals surface area contributed by atoms with Crippen LogP contribution in [-0.2, 0) is 14.1 Å². The molecule has 1 N–H and O–H groups in total. The van der Waals surface area contributed by atoms with Crippen LogP contribution in [0, 0.1) is 20.8 Å².